The number of H-pyrrole nitrogens is 2. The summed E-state index contributed by atoms with van der Waals surface area (Å²) < 4.78 is 5.92. The number of carbonyl (C=O) groups excluding carboxylic acids is 2. The van der Waals surface area contributed by atoms with Gasteiger partial charge in [-0.15, -0.1) is 0 Å². The van der Waals surface area contributed by atoms with Crippen molar-refractivity contribution in [3.8, 4) is 17.1 Å². The van der Waals surface area contributed by atoms with Crippen molar-refractivity contribution in [3.63, 3.8) is 0 Å². The van der Waals surface area contributed by atoms with Gasteiger partial charge < -0.3 is 30.0 Å². The molecule has 4 N–H and O–H groups in total. The zero-order chi connectivity index (χ0) is 30.4. The maximum atomic E-state index is 13.3. The van der Waals surface area contributed by atoms with Crippen LogP contribution >= 0.6 is 0 Å². The number of nitrogens with zero attached hydrogens (tertiary/aromatic N) is 3. The summed E-state index contributed by atoms with van der Waals surface area (Å²) in [4.78, 5) is 53.7. The van der Waals surface area contributed by atoms with Gasteiger partial charge in [-0.2, -0.15) is 0 Å². The molecule has 3 aromatic carbocycles. The number of imidazole rings is 1. The zero-order valence-electron chi connectivity index (χ0n) is 24.2. The number of aromatic nitrogens is 3. The van der Waals surface area contributed by atoms with Gasteiger partial charge in [-0.25, -0.2) is 4.98 Å². The second-order valence-corrected chi connectivity index (χ2v) is 11.4. The van der Waals surface area contributed by atoms with E-state index in [0.717, 1.165) is 36.7 Å². The first-order valence-electron chi connectivity index (χ1n) is 14.7. The molecule has 1 atom stereocenters. The number of piperidine rings is 1. The summed E-state index contributed by atoms with van der Waals surface area (Å²) in [6.07, 6.45) is 2.14. The molecule has 0 spiro atoms. The van der Waals surface area contributed by atoms with E-state index in [1.54, 1.807) is 18.2 Å². The highest BCUT2D eigenvalue weighted by Gasteiger charge is 2.41. The molecule has 11 heteroatoms. The van der Waals surface area contributed by atoms with Gasteiger partial charge in [-0.1, -0.05) is 36.4 Å². The Hall–Kier alpha value is -5.00. The molecule has 2 aliphatic heterocycles. The quantitative estimate of drug-likeness (QED) is 0.200. The van der Waals surface area contributed by atoms with Crippen LogP contribution in [0.2, 0.25) is 0 Å². The van der Waals surface area contributed by atoms with Crippen molar-refractivity contribution in [1.82, 2.24) is 24.8 Å². The molecule has 2 amide bonds. The van der Waals surface area contributed by atoms with E-state index in [1.807, 2.05) is 49.5 Å². The van der Waals surface area contributed by atoms with Crippen molar-refractivity contribution in [2.24, 2.45) is 0 Å². The minimum Gasteiger partial charge on any atom is -0.490 e. The monoisotopic (exact) mass is 592 g/mol. The van der Waals surface area contributed by atoms with E-state index in [0.29, 0.717) is 33.6 Å². The normalized spacial score (nSPS) is 16.5. The minimum atomic E-state index is -0.871. The molecule has 0 aliphatic carbocycles. The van der Waals surface area contributed by atoms with E-state index in [2.05, 4.69) is 25.2 Å². The Kier molecular flexibility index (Phi) is 7.11. The average molecular weight is 593 g/mol. The van der Waals surface area contributed by atoms with Gasteiger partial charge >= 0.3 is 0 Å². The SMILES string of the molecule is CN1CCC(N2C(=O)c3cc4nc(-c5c(NC[C@@H](O)COc6cccc7ccccc67)cc[nH]c5=O)[nH]c4cc3C2=O)CC1. The van der Waals surface area contributed by atoms with Crippen LogP contribution in [-0.4, -0.2) is 87.1 Å². The molecule has 1 saturated heterocycles. The van der Waals surface area contributed by atoms with Crippen molar-refractivity contribution in [2.75, 3.05) is 38.6 Å². The van der Waals surface area contributed by atoms with Gasteiger partial charge in [-0.05, 0) is 62.6 Å². The highest BCUT2D eigenvalue weighted by Crippen LogP contribution is 2.33. The highest BCUT2D eigenvalue weighted by atomic mass is 16.5. The summed E-state index contributed by atoms with van der Waals surface area (Å²) >= 11 is 0. The van der Waals surface area contributed by atoms with Crippen molar-refractivity contribution >= 4 is 39.3 Å². The van der Waals surface area contributed by atoms with E-state index in [9.17, 15) is 19.5 Å². The average Bonchev–Trinajstić information content (AvgIpc) is 3.55. The molecule has 2 aliphatic rings. The van der Waals surface area contributed by atoms with E-state index in [-0.39, 0.29) is 48.0 Å². The number of nitrogens with one attached hydrogen (secondary N) is 3. The molecular formula is C33H32N6O5. The summed E-state index contributed by atoms with van der Waals surface area (Å²) in [5, 5.41) is 15.8. The molecule has 44 heavy (non-hydrogen) atoms. The number of ether oxygens (including phenoxy) is 1. The lowest BCUT2D eigenvalue weighted by atomic mass is 10.0. The first kappa shape index (κ1) is 27.8. The van der Waals surface area contributed by atoms with E-state index < -0.39 is 6.10 Å². The smallest absolute Gasteiger partial charge is 0.261 e. The third kappa shape index (κ3) is 4.99. The number of aliphatic hydroxyl groups is 1. The molecular weight excluding hydrogens is 560 g/mol. The fourth-order valence-electron chi connectivity index (χ4n) is 6.12. The molecule has 1 fully saturated rings. The number of aliphatic hydroxyl groups excluding tert-OH is 1. The number of benzene rings is 3. The standard InChI is InChI=1S/C33H32N6O5/c1-38-13-10-20(11-14-38)39-32(42)23-15-26-27(16-24(23)33(39)43)37-30(36-26)29-25(9-12-34-31(29)41)35-17-21(40)18-44-28-8-4-6-19-5-2-3-7-22(19)28/h2-9,12,15-16,20-21,40H,10-11,13-14,17-18H2,1H3,(H,36,37)(H2,34,35,41)/t21-/m1/s1. The Bertz CT molecular complexity index is 1900. The maximum absolute atomic E-state index is 13.3. The van der Waals surface area contributed by atoms with Crippen LogP contribution < -0.4 is 15.6 Å². The number of aromatic amines is 2. The second kappa shape index (κ2) is 11.3. The van der Waals surface area contributed by atoms with Crippen LogP contribution in [0.25, 0.3) is 33.2 Å². The van der Waals surface area contributed by atoms with E-state index in [1.165, 1.54) is 11.1 Å². The maximum Gasteiger partial charge on any atom is 0.261 e. The zero-order valence-corrected chi connectivity index (χ0v) is 24.2. The van der Waals surface area contributed by atoms with Crippen LogP contribution in [0.1, 0.15) is 33.6 Å². The fraction of sp³-hybridized carbons (Fsp3) is 0.273. The van der Waals surface area contributed by atoms with Gasteiger partial charge in [0.2, 0.25) is 0 Å². The van der Waals surface area contributed by atoms with Crippen LogP contribution in [-0.2, 0) is 0 Å². The summed E-state index contributed by atoms with van der Waals surface area (Å²) in [7, 11) is 2.03. The first-order chi connectivity index (χ1) is 21.4. The molecule has 7 rings (SSSR count). The Morgan fingerprint density at radius 1 is 1.02 bits per heavy atom. The van der Waals surface area contributed by atoms with Gasteiger partial charge in [0.1, 0.15) is 29.8 Å². The van der Waals surface area contributed by atoms with Crippen molar-refractivity contribution < 1.29 is 19.4 Å². The predicted molar refractivity (Wildman–Crippen MR) is 167 cm³/mol. The van der Waals surface area contributed by atoms with E-state index >= 15 is 0 Å². The number of hydrogen-bond acceptors (Lipinski definition) is 8. The number of likely N-dealkylation sites (tertiary alicyclic amines) is 1. The van der Waals surface area contributed by atoms with Gasteiger partial charge in [0, 0.05) is 24.2 Å². The van der Waals surface area contributed by atoms with Crippen molar-refractivity contribution in [1.29, 1.82) is 0 Å². The van der Waals surface area contributed by atoms with Crippen LogP contribution in [0.3, 0.4) is 0 Å². The van der Waals surface area contributed by atoms with Crippen LogP contribution in [0.5, 0.6) is 5.75 Å². The lowest BCUT2D eigenvalue weighted by Gasteiger charge is -2.33. The highest BCUT2D eigenvalue weighted by molar-refractivity contribution is 6.23. The Morgan fingerprint density at radius 3 is 2.59 bits per heavy atom. The molecule has 0 unspecified atom stereocenters. The topological polar surface area (TPSA) is 144 Å². The van der Waals surface area contributed by atoms with Crippen LogP contribution in [0.15, 0.2) is 71.7 Å². The van der Waals surface area contributed by atoms with Crippen LogP contribution in [0, 0.1) is 0 Å². The van der Waals surface area contributed by atoms with Crippen molar-refractivity contribution in [3.05, 3.63) is 88.3 Å². The minimum absolute atomic E-state index is 0.0480. The molecule has 11 nitrogen and oxygen atoms in total. The third-order valence-electron chi connectivity index (χ3n) is 8.48. The Labute approximate surface area is 252 Å². The lowest BCUT2D eigenvalue weighted by molar-refractivity contribution is 0.0516. The summed E-state index contributed by atoms with van der Waals surface area (Å²) in [5.41, 5.74) is 2.01. The lowest BCUT2D eigenvalue weighted by Crippen LogP contribution is -2.46. The number of fused-ring (bicyclic) bond motifs is 3. The van der Waals surface area contributed by atoms with Gasteiger partial charge in [0.05, 0.1) is 27.8 Å². The van der Waals surface area contributed by atoms with Gasteiger partial charge in [0.25, 0.3) is 17.4 Å². The molecule has 2 aromatic heterocycles. The largest absolute Gasteiger partial charge is 0.490 e. The predicted octanol–water partition coefficient (Wildman–Crippen LogP) is 3.61. The molecule has 0 radical (unpaired) electrons. The number of imide groups is 1. The Morgan fingerprint density at radius 2 is 1.77 bits per heavy atom. The molecule has 5 aromatic rings. The second-order valence-electron chi connectivity index (χ2n) is 11.4. The molecule has 0 bridgehead atoms. The first-order valence-corrected chi connectivity index (χ1v) is 14.7. The summed E-state index contributed by atoms with van der Waals surface area (Å²) in [6, 6.07) is 18.5. The molecule has 0 saturated carbocycles. The molecule has 4 heterocycles. The number of carbonyl (C=O) groups is 2. The third-order valence-corrected chi connectivity index (χ3v) is 8.48. The summed E-state index contributed by atoms with van der Waals surface area (Å²) in [6.45, 7) is 1.83. The number of rotatable bonds is 8. The van der Waals surface area contributed by atoms with Crippen molar-refractivity contribution in [2.45, 2.75) is 25.0 Å². The van der Waals surface area contributed by atoms with Gasteiger partial charge in [0.15, 0.2) is 0 Å². The summed E-state index contributed by atoms with van der Waals surface area (Å²) in [5.74, 6) is 0.365. The van der Waals surface area contributed by atoms with E-state index in [4.69, 9.17) is 4.74 Å². The Balaban J connectivity index is 1.09. The fourth-order valence-corrected chi connectivity index (χ4v) is 6.12. The number of pyridine rings is 1. The van der Waals surface area contributed by atoms with Gasteiger partial charge in [-0.3, -0.25) is 19.3 Å². The molecule has 224 valence electrons. The number of amides is 2. The number of anilines is 1. The number of hydrogen-bond donors (Lipinski definition) is 4. The van der Waals surface area contributed by atoms with Crippen LogP contribution in [0.4, 0.5) is 5.69 Å².